The van der Waals surface area contributed by atoms with Gasteiger partial charge in [-0.15, -0.1) is 0 Å². The second kappa shape index (κ2) is 12.9. The van der Waals surface area contributed by atoms with Crippen LogP contribution in [0.25, 0.3) is 0 Å². The minimum absolute atomic E-state index is 0.127. The molecule has 0 saturated carbocycles. The van der Waals surface area contributed by atoms with Gasteiger partial charge in [0.1, 0.15) is 11.9 Å². The Morgan fingerprint density at radius 1 is 1.24 bits per heavy atom. The molecule has 0 bridgehead atoms. The van der Waals surface area contributed by atoms with E-state index in [4.69, 9.17) is 9.47 Å². The number of halogens is 2. The van der Waals surface area contributed by atoms with E-state index in [0.717, 1.165) is 12.8 Å². The average molecular weight is 522 g/mol. The quantitative estimate of drug-likeness (QED) is 0.255. The first-order valence-corrected chi connectivity index (χ1v) is 11.5. The van der Waals surface area contributed by atoms with Crippen LogP contribution < -0.4 is 20.2 Å². The van der Waals surface area contributed by atoms with E-state index in [1.807, 2.05) is 0 Å². The van der Waals surface area contributed by atoms with Crippen LogP contribution in [-0.2, 0) is 4.79 Å². The Bertz CT molecular complexity index is 998. The minimum Gasteiger partial charge on any atom is -0.493 e. The van der Waals surface area contributed by atoms with E-state index < -0.39 is 23.7 Å². The molecule has 0 aliphatic heterocycles. The zero-order valence-electron chi connectivity index (χ0n) is 19.2. The van der Waals surface area contributed by atoms with Gasteiger partial charge in [0.05, 0.1) is 30.0 Å². The van der Waals surface area contributed by atoms with E-state index in [2.05, 4.69) is 38.7 Å². The predicted molar refractivity (Wildman–Crippen MR) is 129 cm³/mol. The molecule has 0 radical (unpaired) electrons. The number of nitrogens with one attached hydrogen (secondary N) is 2. The van der Waals surface area contributed by atoms with Crippen LogP contribution in [0.2, 0.25) is 0 Å². The number of amides is 2. The van der Waals surface area contributed by atoms with Crippen LogP contribution in [-0.4, -0.2) is 37.8 Å². The van der Waals surface area contributed by atoms with Crippen LogP contribution in [0.5, 0.6) is 11.5 Å². The maximum absolute atomic E-state index is 13.9. The van der Waals surface area contributed by atoms with E-state index in [-0.39, 0.29) is 11.5 Å². The van der Waals surface area contributed by atoms with Crippen LogP contribution >= 0.6 is 15.9 Å². The Hall–Kier alpha value is -2.94. The highest BCUT2D eigenvalue weighted by Gasteiger charge is 2.25. The number of hydrogen-bond acceptors (Lipinski definition) is 5. The van der Waals surface area contributed by atoms with Gasteiger partial charge in [-0.25, -0.2) is 9.82 Å². The number of hydrazone groups is 1. The molecule has 1 unspecified atom stereocenters. The third-order valence-electron chi connectivity index (χ3n) is 4.74. The lowest BCUT2D eigenvalue weighted by Crippen LogP contribution is -2.48. The molecule has 1 atom stereocenters. The highest BCUT2D eigenvalue weighted by molar-refractivity contribution is 9.10. The van der Waals surface area contributed by atoms with Crippen molar-refractivity contribution in [1.29, 1.82) is 0 Å². The second-order valence-electron chi connectivity index (χ2n) is 7.65. The summed E-state index contributed by atoms with van der Waals surface area (Å²) in [5.41, 5.74) is 2.97. The highest BCUT2D eigenvalue weighted by Crippen LogP contribution is 2.36. The Labute approximate surface area is 201 Å². The zero-order valence-corrected chi connectivity index (χ0v) is 20.7. The van der Waals surface area contributed by atoms with Gasteiger partial charge in [0.2, 0.25) is 0 Å². The number of benzene rings is 2. The van der Waals surface area contributed by atoms with E-state index in [9.17, 15) is 14.0 Å². The molecule has 2 N–H and O–H groups in total. The predicted octanol–water partition coefficient (Wildman–Crippen LogP) is 4.68. The van der Waals surface area contributed by atoms with Crippen molar-refractivity contribution in [3.8, 4) is 11.5 Å². The second-order valence-corrected chi connectivity index (χ2v) is 8.50. The fourth-order valence-electron chi connectivity index (χ4n) is 2.91. The molecule has 0 fully saturated rings. The molecule has 178 valence electrons. The molecular formula is C24H29BrFN3O4. The van der Waals surface area contributed by atoms with Crippen LogP contribution in [0, 0.1) is 11.7 Å². The lowest BCUT2D eigenvalue weighted by Gasteiger charge is -2.20. The standard InChI is InChI=1S/C24H29BrFN3O4/c1-5-6-11-33-22-18(25)12-16(13-20(22)32-4)14-27-29-24(31)21(15(2)3)28-23(30)17-9-7-8-10-19(17)26/h7-10,12-15,21H,5-6,11H2,1-4H3,(H,28,30)(H,29,31)/b27-14+. The highest BCUT2D eigenvalue weighted by atomic mass is 79.9. The smallest absolute Gasteiger partial charge is 0.262 e. The first kappa shape index (κ1) is 26.3. The Morgan fingerprint density at radius 2 is 1.97 bits per heavy atom. The number of hydrogen-bond donors (Lipinski definition) is 2. The molecule has 0 aliphatic carbocycles. The lowest BCUT2D eigenvalue weighted by molar-refractivity contribution is -0.123. The number of carbonyl (C=O) groups excluding carboxylic acids is 2. The normalized spacial score (nSPS) is 12.0. The largest absolute Gasteiger partial charge is 0.493 e. The summed E-state index contributed by atoms with van der Waals surface area (Å²) in [7, 11) is 1.54. The monoisotopic (exact) mass is 521 g/mol. The molecule has 0 heterocycles. The summed E-state index contributed by atoms with van der Waals surface area (Å²) in [6.07, 6.45) is 3.40. The van der Waals surface area contributed by atoms with Crippen molar-refractivity contribution < 1.29 is 23.5 Å². The lowest BCUT2D eigenvalue weighted by atomic mass is 10.0. The SMILES string of the molecule is CCCCOc1c(Br)cc(/C=N/NC(=O)C(NC(=O)c2ccccc2F)C(C)C)cc1OC. The van der Waals surface area contributed by atoms with Crippen LogP contribution in [0.15, 0.2) is 46.0 Å². The molecule has 0 aromatic heterocycles. The third kappa shape index (κ3) is 7.56. The van der Waals surface area contributed by atoms with E-state index in [0.29, 0.717) is 28.1 Å². The summed E-state index contributed by atoms with van der Waals surface area (Å²) in [5.74, 6) is -0.953. The molecule has 0 spiro atoms. The van der Waals surface area contributed by atoms with Gasteiger partial charge in [-0.1, -0.05) is 39.3 Å². The van der Waals surface area contributed by atoms with Crippen molar-refractivity contribution in [1.82, 2.24) is 10.7 Å². The maximum atomic E-state index is 13.9. The Kier molecular flexibility index (Phi) is 10.3. The van der Waals surface area contributed by atoms with Crippen molar-refractivity contribution in [2.45, 2.75) is 39.7 Å². The van der Waals surface area contributed by atoms with Gasteiger partial charge in [0.25, 0.3) is 11.8 Å². The number of methoxy groups -OCH3 is 1. The maximum Gasteiger partial charge on any atom is 0.262 e. The molecule has 0 saturated heterocycles. The molecule has 2 aromatic carbocycles. The molecule has 7 nitrogen and oxygen atoms in total. The van der Waals surface area contributed by atoms with Gasteiger partial charge in [-0.05, 0) is 58.1 Å². The van der Waals surface area contributed by atoms with Crippen molar-refractivity contribution in [3.63, 3.8) is 0 Å². The summed E-state index contributed by atoms with van der Waals surface area (Å²) in [6.45, 7) is 6.20. The van der Waals surface area contributed by atoms with Gasteiger partial charge in [-0.3, -0.25) is 9.59 Å². The topological polar surface area (TPSA) is 89.0 Å². The molecule has 33 heavy (non-hydrogen) atoms. The van der Waals surface area contributed by atoms with Crippen molar-refractivity contribution in [3.05, 3.63) is 57.8 Å². The summed E-state index contributed by atoms with van der Waals surface area (Å²) in [5, 5.41) is 6.57. The average Bonchev–Trinajstić information content (AvgIpc) is 2.78. The van der Waals surface area contributed by atoms with Crippen LogP contribution in [0.1, 0.15) is 49.5 Å². The fraction of sp³-hybridized carbons (Fsp3) is 0.375. The molecule has 2 rings (SSSR count). The summed E-state index contributed by atoms with van der Waals surface area (Å²) >= 11 is 3.48. The van der Waals surface area contributed by atoms with Gasteiger partial charge >= 0.3 is 0 Å². The van der Waals surface area contributed by atoms with Gasteiger partial charge in [0, 0.05) is 0 Å². The Balaban J connectivity index is 2.07. The number of nitrogens with zero attached hydrogens (tertiary/aromatic N) is 1. The van der Waals surface area contributed by atoms with Gasteiger partial charge in [-0.2, -0.15) is 5.10 Å². The van der Waals surface area contributed by atoms with Crippen molar-refractivity contribution >= 4 is 34.0 Å². The van der Waals surface area contributed by atoms with Gasteiger partial charge < -0.3 is 14.8 Å². The summed E-state index contributed by atoms with van der Waals surface area (Å²) in [4.78, 5) is 25.0. The molecular weight excluding hydrogens is 493 g/mol. The molecule has 9 heteroatoms. The van der Waals surface area contributed by atoms with Crippen LogP contribution in [0.3, 0.4) is 0 Å². The molecule has 0 aliphatic rings. The first-order chi connectivity index (χ1) is 15.8. The van der Waals surface area contributed by atoms with Crippen molar-refractivity contribution in [2.75, 3.05) is 13.7 Å². The summed E-state index contributed by atoms with van der Waals surface area (Å²) < 4.78 is 25.8. The van der Waals surface area contributed by atoms with Crippen LogP contribution in [0.4, 0.5) is 4.39 Å². The number of rotatable bonds is 11. The van der Waals surface area contributed by atoms with E-state index in [1.54, 1.807) is 39.2 Å². The first-order valence-electron chi connectivity index (χ1n) is 10.7. The molecule has 2 amide bonds. The number of ether oxygens (including phenoxy) is 2. The van der Waals surface area contributed by atoms with Gasteiger partial charge in [0.15, 0.2) is 11.5 Å². The molecule has 2 aromatic rings. The third-order valence-corrected chi connectivity index (χ3v) is 5.33. The summed E-state index contributed by atoms with van der Waals surface area (Å²) in [6, 6.07) is 8.23. The van der Waals surface area contributed by atoms with Crippen molar-refractivity contribution in [2.24, 2.45) is 11.0 Å². The number of unbranched alkanes of at least 4 members (excludes halogenated alkanes) is 1. The zero-order chi connectivity index (χ0) is 24.4. The fourth-order valence-corrected chi connectivity index (χ4v) is 3.49. The minimum atomic E-state index is -0.898. The number of carbonyl (C=O) groups is 2. The van der Waals surface area contributed by atoms with E-state index in [1.165, 1.54) is 24.4 Å². The van der Waals surface area contributed by atoms with E-state index >= 15 is 0 Å². The Morgan fingerprint density at radius 3 is 2.61 bits per heavy atom.